The molecule has 0 saturated heterocycles. The third-order valence-corrected chi connectivity index (χ3v) is 5.62. The summed E-state index contributed by atoms with van der Waals surface area (Å²) in [5, 5.41) is 0. The molecule has 1 aromatic heterocycles. The Bertz CT molecular complexity index is 1400. The Balaban J connectivity index is 1.54. The summed E-state index contributed by atoms with van der Waals surface area (Å²) in [6, 6.07) is 31.3. The van der Waals surface area contributed by atoms with Crippen molar-refractivity contribution in [2.45, 2.75) is 6.92 Å². The van der Waals surface area contributed by atoms with E-state index in [4.69, 9.17) is 4.98 Å². The largest absolute Gasteiger partial charge is 0.337 e. The minimum absolute atomic E-state index is 0.144. The number of ketones is 1. The number of nitrogens with zero attached hydrogens (tertiary/aromatic N) is 1. The van der Waals surface area contributed by atoms with E-state index in [0.717, 1.165) is 33.9 Å². The number of benzene rings is 4. The van der Waals surface area contributed by atoms with Gasteiger partial charge < -0.3 is 4.98 Å². The summed E-state index contributed by atoms with van der Waals surface area (Å²) in [6.07, 6.45) is 0. The maximum Gasteiger partial charge on any atom is 0.193 e. The Morgan fingerprint density at radius 3 is 1.91 bits per heavy atom. The van der Waals surface area contributed by atoms with Crippen LogP contribution in [0.4, 0.5) is 4.39 Å². The number of aryl methyl sites for hydroxylation is 1. The summed E-state index contributed by atoms with van der Waals surface area (Å²) in [6.45, 7) is 2.06. The third kappa shape index (κ3) is 4.23. The lowest BCUT2D eigenvalue weighted by Crippen LogP contribution is -2.01. The molecule has 5 rings (SSSR count). The molecule has 0 unspecified atom stereocenters. The van der Waals surface area contributed by atoms with Gasteiger partial charge in [-0.3, -0.25) is 4.79 Å². The van der Waals surface area contributed by atoms with Crippen molar-refractivity contribution in [2.75, 3.05) is 0 Å². The van der Waals surface area contributed by atoms with Crippen LogP contribution < -0.4 is 0 Å². The molecule has 0 aliphatic carbocycles. The maximum absolute atomic E-state index is 13.2. The number of halogens is 1. The van der Waals surface area contributed by atoms with Crippen molar-refractivity contribution in [1.82, 2.24) is 9.97 Å². The predicted octanol–water partition coefficient (Wildman–Crippen LogP) is 7.09. The highest BCUT2D eigenvalue weighted by molar-refractivity contribution is 6.09. The number of carbonyl (C=O) groups is 1. The molecule has 160 valence electrons. The van der Waals surface area contributed by atoms with E-state index in [0.29, 0.717) is 11.1 Å². The van der Waals surface area contributed by atoms with Crippen LogP contribution in [0.1, 0.15) is 21.5 Å². The lowest BCUT2D eigenvalue weighted by Gasteiger charge is -2.06. The van der Waals surface area contributed by atoms with Crippen molar-refractivity contribution in [3.63, 3.8) is 0 Å². The molecule has 0 amide bonds. The molecule has 0 atom stereocenters. The first-order chi connectivity index (χ1) is 16.1. The number of imidazole rings is 1. The molecule has 0 fully saturated rings. The Hall–Kier alpha value is -4.31. The van der Waals surface area contributed by atoms with Gasteiger partial charge in [0.2, 0.25) is 0 Å². The van der Waals surface area contributed by atoms with Crippen LogP contribution in [0.2, 0.25) is 0 Å². The zero-order valence-electron chi connectivity index (χ0n) is 18.0. The van der Waals surface area contributed by atoms with Gasteiger partial charge in [-0.05, 0) is 31.2 Å². The summed E-state index contributed by atoms with van der Waals surface area (Å²) in [5.41, 5.74) is 6.87. The fraction of sp³-hybridized carbons (Fsp3) is 0.0345. The van der Waals surface area contributed by atoms with E-state index in [1.54, 1.807) is 12.1 Å². The quantitative estimate of drug-likeness (QED) is 0.301. The molecule has 4 heteroatoms. The van der Waals surface area contributed by atoms with Crippen LogP contribution in [0.5, 0.6) is 0 Å². The normalized spacial score (nSPS) is 10.8. The molecule has 0 bridgehead atoms. The highest BCUT2D eigenvalue weighted by Crippen LogP contribution is 2.33. The van der Waals surface area contributed by atoms with Gasteiger partial charge in [0.25, 0.3) is 0 Å². The highest BCUT2D eigenvalue weighted by atomic mass is 19.1. The first-order valence-electron chi connectivity index (χ1n) is 10.7. The minimum atomic E-state index is -0.362. The Kier molecular flexibility index (Phi) is 5.41. The van der Waals surface area contributed by atoms with Gasteiger partial charge >= 0.3 is 0 Å². The van der Waals surface area contributed by atoms with Crippen LogP contribution in [0.15, 0.2) is 103 Å². The van der Waals surface area contributed by atoms with E-state index in [-0.39, 0.29) is 11.6 Å². The second-order valence-corrected chi connectivity index (χ2v) is 7.95. The fourth-order valence-corrected chi connectivity index (χ4v) is 3.79. The van der Waals surface area contributed by atoms with Gasteiger partial charge in [0.05, 0.1) is 11.4 Å². The number of aromatic amines is 1. The Labute approximate surface area is 191 Å². The second kappa shape index (κ2) is 8.67. The number of rotatable bonds is 5. The van der Waals surface area contributed by atoms with Crippen LogP contribution in [-0.4, -0.2) is 15.8 Å². The van der Waals surface area contributed by atoms with E-state index in [1.165, 1.54) is 29.8 Å². The SMILES string of the molecule is Cc1ccc(-c2nc(-c3ccccc3)c(-c3ccc(C(=O)c4ccc(F)cc4)cc3)[nH]2)cc1. The first kappa shape index (κ1) is 20.6. The van der Waals surface area contributed by atoms with Crippen molar-refractivity contribution < 1.29 is 9.18 Å². The average molecular weight is 432 g/mol. The van der Waals surface area contributed by atoms with Crippen LogP contribution in [0.3, 0.4) is 0 Å². The summed E-state index contributed by atoms with van der Waals surface area (Å²) in [5.74, 6) is 0.282. The molecule has 5 aromatic rings. The molecule has 4 aromatic carbocycles. The maximum atomic E-state index is 13.2. The lowest BCUT2D eigenvalue weighted by molar-refractivity contribution is 0.103. The number of hydrogen-bond acceptors (Lipinski definition) is 2. The van der Waals surface area contributed by atoms with Gasteiger partial charge in [-0.25, -0.2) is 9.37 Å². The number of aromatic nitrogens is 2. The number of H-pyrrole nitrogens is 1. The van der Waals surface area contributed by atoms with Crippen LogP contribution in [-0.2, 0) is 0 Å². The van der Waals surface area contributed by atoms with E-state index >= 15 is 0 Å². The molecule has 0 aliphatic rings. The van der Waals surface area contributed by atoms with Gasteiger partial charge in [-0.15, -0.1) is 0 Å². The minimum Gasteiger partial charge on any atom is -0.337 e. The zero-order chi connectivity index (χ0) is 22.8. The van der Waals surface area contributed by atoms with Crippen molar-refractivity contribution in [1.29, 1.82) is 0 Å². The summed E-state index contributed by atoms with van der Waals surface area (Å²) < 4.78 is 13.2. The van der Waals surface area contributed by atoms with Crippen molar-refractivity contribution in [3.05, 3.63) is 126 Å². The van der Waals surface area contributed by atoms with Crippen LogP contribution in [0, 0.1) is 12.7 Å². The van der Waals surface area contributed by atoms with Crippen molar-refractivity contribution in [2.24, 2.45) is 0 Å². The van der Waals surface area contributed by atoms with Gasteiger partial charge in [0.1, 0.15) is 11.6 Å². The molecule has 1 heterocycles. The fourth-order valence-electron chi connectivity index (χ4n) is 3.79. The standard InChI is InChI=1S/C29H21FN2O/c1-19-7-9-24(10-8-19)29-31-26(20-5-3-2-4-6-20)27(32-29)21-11-13-22(14-12-21)28(33)23-15-17-25(30)18-16-23/h2-18H,1H3,(H,31,32). The Morgan fingerprint density at radius 1 is 0.697 bits per heavy atom. The second-order valence-electron chi connectivity index (χ2n) is 7.95. The van der Waals surface area contributed by atoms with Gasteiger partial charge in [0, 0.05) is 27.8 Å². The number of nitrogens with one attached hydrogen (secondary N) is 1. The van der Waals surface area contributed by atoms with E-state index < -0.39 is 0 Å². The number of carbonyl (C=O) groups excluding carboxylic acids is 1. The molecule has 0 saturated carbocycles. The summed E-state index contributed by atoms with van der Waals surface area (Å²) in [4.78, 5) is 21.2. The van der Waals surface area contributed by atoms with Crippen LogP contribution in [0.25, 0.3) is 33.9 Å². The van der Waals surface area contributed by atoms with Crippen molar-refractivity contribution >= 4 is 5.78 Å². The van der Waals surface area contributed by atoms with Gasteiger partial charge in [0.15, 0.2) is 5.78 Å². The average Bonchev–Trinajstić information content (AvgIpc) is 3.31. The molecule has 0 radical (unpaired) electrons. The number of hydrogen-bond donors (Lipinski definition) is 1. The zero-order valence-corrected chi connectivity index (χ0v) is 18.0. The van der Waals surface area contributed by atoms with Crippen LogP contribution >= 0.6 is 0 Å². The third-order valence-electron chi connectivity index (χ3n) is 5.62. The van der Waals surface area contributed by atoms with Gasteiger partial charge in [-0.2, -0.15) is 0 Å². The molecule has 1 N–H and O–H groups in total. The first-order valence-corrected chi connectivity index (χ1v) is 10.7. The summed E-state index contributed by atoms with van der Waals surface area (Å²) in [7, 11) is 0. The molecular weight excluding hydrogens is 411 g/mol. The monoisotopic (exact) mass is 432 g/mol. The molecule has 3 nitrogen and oxygen atoms in total. The molecule has 0 aliphatic heterocycles. The topological polar surface area (TPSA) is 45.8 Å². The van der Waals surface area contributed by atoms with E-state index in [1.807, 2.05) is 42.5 Å². The molecular formula is C29H21FN2O. The predicted molar refractivity (Wildman–Crippen MR) is 129 cm³/mol. The molecule has 0 spiro atoms. The Morgan fingerprint density at radius 2 is 1.27 bits per heavy atom. The molecule has 33 heavy (non-hydrogen) atoms. The summed E-state index contributed by atoms with van der Waals surface area (Å²) >= 11 is 0. The lowest BCUT2D eigenvalue weighted by atomic mass is 10.00. The van der Waals surface area contributed by atoms with E-state index in [9.17, 15) is 9.18 Å². The highest BCUT2D eigenvalue weighted by Gasteiger charge is 2.16. The van der Waals surface area contributed by atoms with Crippen molar-refractivity contribution in [3.8, 4) is 33.9 Å². The van der Waals surface area contributed by atoms with E-state index in [2.05, 4.69) is 36.2 Å². The van der Waals surface area contributed by atoms with Gasteiger partial charge in [-0.1, -0.05) is 84.4 Å². The smallest absolute Gasteiger partial charge is 0.193 e.